The van der Waals surface area contributed by atoms with E-state index in [1.54, 1.807) is 11.3 Å². The maximum Gasteiger partial charge on any atom is 0.119 e. The van der Waals surface area contributed by atoms with Gasteiger partial charge in [0.1, 0.15) is 18.5 Å². The molecule has 0 amide bonds. The average molecular weight is 433 g/mol. The highest BCUT2D eigenvalue weighted by atomic mass is 32.1. The predicted molar refractivity (Wildman–Crippen MR) is 123 cm³/mol. The number of nitrogens with zero attached hydrogens (tertiary/aromatic N) is 3. The first kappa shape index (κ1) is 23.2. The van der Waals surface area contributed by atoms with Crippen LogP contribution in [0.4, 0.5) is 0 Å². The van der Waals surface area contributed by atoms with Crippen molar-refractivity contribution < 1.29 is 9.84 Å². The third kappa shape index (κ3) is 7.32. The molecule has 2 N–H and O–H groups in total. The summed E-state index contributed by atoms with van der Waals surface area (Å²) in [7, 11) is 0. The van der Waals surface area contributed by atoms with E-state index >= 15 is 0 Å². The van der Waals surface area contributed by atoms with Crippen LogP contribution in [0.25, 0.3) is 0 Å². The zero-order chi connectivity index (χ0) is 21.3. The lowest BCUT2D eigenvalue weighted by molar-refractivity contribution is 0.0471. The highest BCUT2D eigenvalue weighted by Crippen LogP contribution is 2.17. The minimum atomic E-state index is -0.467. The number of thiazole rings is 1. The van der Waals surface area contributed by atoms with Crippen LogP contribution in [0, 0.1) is 13.8 Å². The molecule has 1 fully saturated rings. The van der Waals surface area contributed by atoms with Crippen molar-refractivity contribution in [3.8, 4) is 5.75 Å². The second-order valence-corrected chi connectivity index (χ2v) is 9.31. The maximum absolute atomic E-state index is 10.4. The van der Waals surface area contributed by atoms with E-state index in [9.17, 15) is 5.11 Å². The van der Waals surface area contributed by atoms with Gasteiger partial charge in [-0.05, 0) is 38.1 Å². The summed E-state index contributed by atoms with van der Waals surface area (Å²) in [5.41, 5.74) is 2.33. The number of aliphatic hydroxyl groups is 1. The number of aromatic nitrogens is 1. The van der Waals surface area contributed by atoms with E-state index in [1.165, 1.54) is 15.4 Å². The van der Waals surface area contributed by atoms with Crippen LogP contribution in [-0.2, 0) is 13.0 Å². The van der Waals surface area contributed by atoms with Gasteiger partial charge in [0.2, 0.25) is 0 Å². The van der Waals surface area contributed by atoms with Crippen molar-refractivity contribution in [2.75, 3.05) is 52.4 Å². The van der Waals surface area contributed by atoms with E-state index in [-0.39, 0.29) is 0 Å². The fraction of sp³-hybridized carbons (Fsp3) is 0.609. The Morgan fingerprint density at radius 2 is 1.97 bits per heavy atom. The molecule has 2 heterocycles. The number of hydrogen-bond acceptors (Lipinski definition) is 7. The Balaban J connectivity index is 1.35. The van der Waals surface area contributed by atoms with Crippen LogP contribution in [-0.4, -0.2) is 78.4 Å². The first-order valence-corrected chi connectivity index (χ1v) is 11.8. The molecule has 3 rings (SSSR count). The van der Waals surface area contributed by atoms with Crippen LogP contribution in [0.1, 0.15) is 28.1 Å². The van der Waals surface area contributed by atoms with Crippen molar-refractivity contribution in [2.45, 2.75) is 39.8 Å². The molecular formula is C23H36N4O2S. The minimum absolute atomic E-state index is 0.327. The number of rotatable bonds is 11. The van der Waals surface area contributed by atoms with Crippen LogP contribution in [0.2, 0.25) is 0 Å². The lowest BCUT2D eigenvalue weighted by Gasteiger charge is -2.34. The molecule has 0 spiro atoms. The topological polar surface area (TPSA) is 60.9 Å². The number of piperazine rings is 1. The van der Waals surface area contributed by atoms with Crippen molar-refractivity contribution >= 4 is 11.3 Å². The van der Waals surface area contributed by atoms with Gasteiger partial charge < -0.3 is 20.1 Å². The Labute approximate surface area is 184 Å². The molecule has 1 aromatic carbocycles. The van der Waals surface area contributed by atoms with Gasteiger partial charge in [-0.15, -0.1) is 11.3 Å². The molecule has 1 aliphatic heterocycles. The van der Waals surface area contributed by atoms with Gasteiger partial charge in [0.05, 0.1) is 10.7 Å². The van der Waals surface area contributed by atoms with E-state index < -0.39 is 6.10 Å². The quantitative estimate of drug-likeness (QED) is 0.532. The third-order valence-corrected chi connectivity index (χ3v) is 6.77. The largest absolute Gasteiger partial charge is 0.491 e. The minimum Gasteiger partial charge on any atom is -0.491 e. The van der Waals surface area contributed by atoms with Gasteiger partial charge in [-0.1, -0.05) is 19.1 Å². The fourth-order valence-electron chi connectivity index (χ4n) is 3.65. The fourth-order valence-corrected chi connectivity index (χ4v) is 4.58. The van der Waals surface area contributed by atoms with Crippen LogP contribution in [0.15, 0.2) is 24.3 Å². The van der Waals surface area contributed by atoms with E-state index in [0.29, 0.717) is 13.2 Å². The first-order chi connectivity index (χ1) is 14.5. The van der Waals surface area contributed by atoms with Gasteiger partial charge in [-0.2, -0.15) is 0 Å². The Morgan fingerprint density at radius 3 is 2.67 bits per heavy atom. The Kier molecular flexibility index (Phi) is 9.08. The van der Waals surface area contributed by atoms with Gasteiger partial charge in [-0.25, -0.2) is 4.98 Å². The van der Waals surface area contributed by atoms with Crippen molar-refractivity contribution in [2.24, 2.45) is 0 Å². The molecule has 1 atom stereocenters. The lowest BCUT2D eigenvalue weighted by atomic mass is 10.2. The molecule has 0 radical (unpaired) electrons. The molecule has 6 nitrogen and oxygen atoms in total. The third-order valence-electron chi connectivity index (χ3n) is 5.64. The van der Waals surface area contributed by atoms with Gasteiger partial charge in [0.25, 0.3) is 0 Å². The van der Waals surface area contributed by atoms with E-state index in [0.717, 1.165) is 63.7 Å². The predicted octanol–water partition coefficient (Wildman–Crippen LogP) is 2.47. The van der Waals surface area contributed by atoms with Crippen LogP contribution >= 0.6 is 11.3 Å². The van der Waals surface area contributed by atoms with Crippen LogP contribution in [0.5, 0.6) is 5.75 Å². The van der Waals surface area contributed by atoms with Crippen LogP contribution in [0.3, 0.4) is 0 Å². The molecule has 7 heteroatoms. The van der Waals surface area contributed by atoms with Crippen molar-refractivity contribution in [1.29, 1.82) is 0 Å². The maximum atomic E-state index is 10.4. The number of ether oxygens (including phenoxy) is 1. The summed E-state index contributed by atoms with van der Waals surface area (Å²) in [5.74, 6) is 0.815. The van der Waals surface area contributed by atoms with Gasteiger partial charge >= 0.3 is 0 Å². The number of β-amino-alcohol motifs (C(OH)–C–C–N with tert-alkyl or cyclic N) is 1. The Morgan fingerprint density at radius 1 is 1.20 bits per heavy atom. The molecule has 1 aromatic heterocycles. The standard InChI is InChI=1S/C23H36N4O2S/c1-4-26-10-12-27(13-11-26)16-21(28)17-29-22-7-5-6-20(14-22)15-24-9-8-23-25-18(2)19(3)30-23/h5-7,14,21,24,28H,4,8-13,15-17H2,1-3H3/t21-/m0/s1. The highest BCUT2D eigenvalue weighted by Gasteiger charge is 2.18. The molecule has 30 heavy (non-hydrogen) atoms. The zero-order valence-corrected chi connectivity index (χ0v) is 19.4. The van der Waals surface area contributed by atoms with Crippen molar-refractivity contribution in [1.82, 2.24) is 20.1 Å². The van der Waals surface area contributed by atoms with Crippen LogP contribution < -0.4 is 10.1 Å². The van der Waals surface area contributed by atoms with E-state index in [1.807, 2.05) is 12.1 Å². The summed E-state index contributed by atoms with van der Waals surface area (Å²) in [4.78, 5) is 10.7. The number of aliphatic hydroxyl groups excluding tert-OH is 1. The molecular weight excluding hydrogens is 396 g/mol. The molecule has 0 saturated carbocycles. The smallest absolute Gasteiger partial charge is 0.119 e. The molecule has 0 aliphatic carbocycles. The molecule has 1 saturated heterocycles. The van der Waals surface area contributed by atoms with Gasteiger partial charge in [0, 0.05) is 57.1 Å². The Hall–Kier alpha value is -1.51. The monoisotopic (exact) mass is 432 g/mol. The van der Waals surface area contributed by atoms with E-state index in [2.05, 4.69) is 53.0 Å². The number of nitrogens with one attached hydrogen (secondary N) is 1. The summed E-state index contributed by atoms with van der Waals surface area (Å²) >= 11 is 1.79. The second-order valence-electron chi connectivity index (χ2n) is 8.02. The SMILES string of the molecule is CCN1CCN(C[C@H](O)COc2cccc(CNCCc3nc(C)c(C)s3)c2)CC1. The van der Waals surface area contributed by atoms with Gasteiger partial charge in [-0.3, -0.25) is 4.90 Å². The zero-order valence-electron chi connectivity index (χ0n) is 18.6. The summed E-state index contributed by atoms with van der Waals surface area (Å²) in [6.07, 6.45) is 0.485. The molecule has 2 aromatic rings. The average Bonchev–Trinajstić information content (AvgIpc) is 3.08. The molecule has 166 valence electrons. The van der Waals surface area contributed by atoms with Gasteiger partial charge in [0.15, 0.2) is 0 Å². The second kappa shape index (κ2) is 11.8. The summed E-state index contributed by atoms with van der Waals surface area (Å²) in [6, 6.07) is 8.12. The van der Waals surface area contributed by atoms with Crippen molar-refractivity contribution in [3.05, 3.63) is 45.4 Å². The molecule has 0 unspecified atom stereocenters. The summed E-state index contributed by atoms with van der Waals surface area (Å²) in [5, 5.41) is 15.0. The number of benzene rings is 1. The molecule has 0 bridgehead atoms. The highest BCUT2D eigenvalue weighted by molar-refractivity contribution is 7.11. The molecule has 1 aliphatic rings. The first-order valence-electron chi connectivity index (χ1n) is 11.0. The number of likely N-dealkylation sites (N-methyl/N-ethyl adjacent to an activating group) is 1. The summed E-state index contributed by atoms with van der Waals surface area (Å²) < 4.78 is 5.86. The number of aryl methyl sites for hydroxylation is 2. The van der Waals surface area contributed by atoms with E-state index in [4.69, 9.17) is 4.74 Å². The Bertz CT molecular complexity index is 755. The number of hydrogen-bond donors (Lipinski definition) is 2. The van der Waals surface area contributed by atoms with Crippen molar-refractivity contribution in [3.63, 3.8) is 0 Å². The lowest BCUT2D eigenvalue weighted by Crippen LogP contribution is -2.49. The normalized spacial score (nSPS) is 16.7. The summed E-state index contributed by atoms with van der Waals surface area (Å²) in [6.45, 7) is 14.4.